The average molecular weight is 488 g/mol. The molecule has 0 aliphatic carbocycles. The van der Waals surface area contributed by atoms with E-state index in [1.54, 1.807) is 6.33 Å². The number of nitrogens with zero attached hydrogens (tertiary/aromatic N) is 3. The maximum atomic E-state index is 14.4. The van der Waals surface area contributed by atoms with Crippen molar-refractivity contribution < 1.29 is 17.6 Å². The first-order chi connectivity index (χ1) is 15.7. The number of hydrogen-bond acceptors (Lipinski definition) is 5. The van der Waals surface area contributed by atoms with Crippen LogP contribution in [0.4, 0.5) is 10.1 Å². The highest BCUT2D eigenvalue weighted by Gasteiger charge is 2.18. The number of fused-ring (bicyclic) bond motifs is 1. The predicted molar refractivity (Wildman–Crippen MR) is 123 cm³/mol. The average Bonchev–Trinajstić information content (AvgIpc) is 3.20. The summed E-state index contributed by atoms with van der Waals surface area (Å²) in [5, 5.41) is 3.21. The van der Waals surface area contributed by atoms with Gasteiger partial charge in [0.1, 0.15) is 11.5 Å². The predicted octanol–water partition coefficient (Wildman–Crippen LogP) is 3.53. The molecule has 1 amide bonds. The van der Waals surface area contributed by atoms with Gasteiger partial charge in [0.05, 0.1) is 28.1 Å². The fraction of sp³-hybridized carbons (Fsp3) is 0.136. The number of rotatable bonds is 7. The van der Waals surface area contributed by atoms with Gasteiger partial charge in [0, 0.05) is 36.6 Å². The summed E-state index contributed by atoms with van der Waals surface area (Å²) in [6.07, 6.45) is 4.05. The molecule has 2 aromatic heterocycles. The van der Waals surface area contributed by atoms with Gasteiger partial charge in [0.25, 0.3) is 15.9 Å². The minimum Gasteiger partial charge on any atom is -0.350 e. The number of pyridine rings is 1. The molecule has 0 aliphatic heterocycles. The van der Waals surface area contributed by atoms with Crippen LogP contribution in [0.3, 0.4) is 0 Å². The lowest BCUT2D eigenvalue weighted by Gasteiger charge is -2.12. The molecule has 0 radical (unpaired) electrons. The topological polar surface area (TPSA) is 106 Å². The molecule has 0 unspecified atom stereocenters. The number of amides is 1. The van der Waals surface area contributed by atoms with Crippen molar-refractivity contribution >= 4 is 44.1 Å². The number of halogens is 2. The molecular formula is C22H19ClFN5O3S. The van der Waals surface area contributed by atoms with Crippen molar-refractivity contribution in [3.05, 3.63) is 83.3 Å². The van der Waals surface area contributed by atoms with E-state index in [1.807, 2.05) is 17.8 Å². The van der Waals surface area contributed by atoms with E-state index in [0.717, 1.165) is 11.8 Å². The van der Waals surface area contributed by atoms with E-state index in [2.05, 4.69) is 20.0 Å². The van der Waals surface area contributed by atoms with Crippen molar-refractivity contribution in [3.63, 3.8) is 0 Å². The molecule has 2 aromatic carbocycles. The third kappa shape index (κ3) is 5.12. The molecule has 4 aromatic rings. The van der Waals surface area contributed by atoms with Gasteiger partial charge in [-0.3, -0.25) is 9.52 Å². The number of nitrogens with one attached hydrogen (secondary N) is 2. The number of carbonyl (C=O) groups is 1. The molecule has 0 spiro atoms. The van der Waals surface area contributed by atoms with E-state index >= 15 is 0 Å². The van der Waals surface area contributed by atoms with E-state index in [4.69, 9.17) is 11.6 Å². The molecule has 0 aliphatic rings. The first kappa shape index (κ1) is 22.7. The molecular weight excluding hydrogens is 469 g/mol. The lowest BCUT2D eigenvalue weighted by atomic mass is 10.1. The fourth-order valence-corrected chi connectivity index (χ4v) is 4.39. The summed E-state index contributed by atoms with van der Waals surface area (Å²) in [5.41, 5.74) is 0.917. The lowest BCUT2D eigenvalue weighted by Crippen LogP contribution is -2.26. The number of anilines is 1. The van der Waals surface area contributed by atoms with Gasteiger partial charge in [0.2, 0.25) is 0 Å². The molecule has 2 N–H and O–H groups in total. The smallest absolute Gasteiger partial charge is 0.269 e. The van der Waals surface area contributed by atoms with E-state index < -0.39 is 21.7 Å². The van der Waals surface area contributed by atoms with Crippen molar-refractivity contribution in [1.82, 2.24) is 19.9 Å². The van der Waals surface area contributed by atoms with Crippen LogP contribution in [0, 0.1) is 5.82 Å². The maximum Gasteiger partial charge on any atom is 0.269 e. The second kappa shape index (κ2) is 9.16. The number of hydrogen-bond donors (Lipinski definition) is 2. The lowest BCUT2D eigenvalue weighted by molar-refractivity contribution is 0.0949. The molecule has 170 valence electrons. The Hall–Kier alpha value is -3.50. The van der Waals surface area contributed by atoms with Crippen molar-refractivity contribution in [2.45, 2.75) is 11.3 Å². The van der Waals surface area contributed by atoms with Gasteiger partial charge >= 0.3 is 0 Å². The Morgan fingerprint density at radius 3 is 2.58 bits per heavy atom. The number of sulfonamides is 1. The molecule has 11 heteroatoms. The number of aryl methyl sites for hydroxylation is 1. The summed E-state index contributed by atoms with van der Waals surface area (Å²) < 4.78 is 44.1. The highest BCUT2D eigenvalue weighted by Crippen LogP contribution is 2.27. The van der Waals surface area contributed by atoms with Gasteiger partial charge in [0.15, 0.2) is 0 Å². The second-order valence-electron chi connectivity index (χ2n) is 7.28. The van der Waals surface area contributed by atoms with Crippen LogP contribution in [0.5, 0.6) is 0 Å². The summed E-state index contributed by atoms with van der Waals surface area (Å²) >= 11 is 5.83. The van der Waals surface area contributed by atoms with Crippen molar-refractivity contribution in [2.75, 3.05) is 11.3 Å². The SMILES string of the molecule is Cn1cnc(CCNC(=O)c2ccc3c(F)ccc(NS(=O)(=O)c4ccc(Cl)cc4)c3n2)c1. The summed E-state index contributed by atoms with van der Waals surface area (Å²) in [7, 11) is -2.14. The number of imidazole rings is 1. The van der Waals surface area contributed by atoms with Gasteiger partial charge in [-0.25, -0.2) is 22.8 Å². The van der Waals surface area contributed by atoms with Crippen LogP contribution in [-0.2, 0) is 23.5 Å². The van der Waals surface area contributed by atoms with Crippen LogP contribution in [-0.4, -0.2) is 35.4 Å². The van der Waals surface area contributed by atoms with E-state index in [-0.39, 0.29) is 27.2 Å². The van der Waals surface area contributed by atoms with Gasteiger partial charge in [-0.15, -0.1) is 0 Å². The molecule has 0 atom stereocenters. The Morgan fingerprint density at radius 1 is 1.12 bits per heavy atom. The Bertz CT molecular complexity index is 1440. The molecule has 0 fully saturated rings. The third-order valence-corrected chi connectivity index (χ3v) is 6.46. The molecule has 2 heterocycles. The Labute approximate surface area is 194 Å². The minimum atomic E-state index is -3.99. The molecule has 8 nitrogen and oxygen atoms in total. The quantitative estimate of drug-likeness (QED) is 0.415. The summed E-state index contributed by atoms with van der Waals surface area (Å²) in [5.74, 6) is -1.06. The zero-order chi connectivity index (χ0) is 23.6. The first-order valence-corrected chi connectivity index (χ1v) is 11.7. The molecule has 4 rings (SSSR count). The third-order valence-electron chi connectivity index (χ3n) is 4.83. The van der Waals surface area contributed by atoms with Crippen LogP contribution >= 0.6 is 11.6 Å². The largest absolute Gasteiger partial charge is 0.350 e. The normalized spacial score (nSPS) is 11.5. The number of carbonyl (C=O) groups excluding carboxylic acids is 1. The van der Waals surface area contributed by atoms with Crippen LogP contribution in [0.2, 0.25) is 5.02 Å². The van der Waals surface area contributed by atoms with Crippen LogP contribution in [0.1, 0.15) is 16.2 Å². The van der Waals surface area contributed by atoms with Crippen molar-refractivity contribution in [3.8, 4) is 0 Å². The summed E-state index contributed by atoms with van der Waals surface area (Å²) in [6.45, 7) is 0.328. The molecule has 0 bridgehead atoms. The highest BCUT2D eigenvalue weighted by atomic mass is 35.5. The minimum absolute atomic E-state index is 0.0184. The van der Waals surface area contributed by atoms with Crippen molar-refractivity contribution in [1.29, 1.82) is 0 Å². The van der Waals surface area contributed by atoms with E-state index in [0.29, 0.717) is 18.0 Å². The zero-order valence-electron chi connectivity index (χ0n) is 17.4. The van der Waals surface area contributed by atoms with Gasteiger partial charge < -0.3 is 9.88 Å². The maximum absolute atomic E-state index is 14.4. The van der Waals surface area contributed by atoms with Crippen LogP contribution in [0.25, 0.3) is 10.9 Å². The number of benzene rings is 2. The van der Waals surface area contributed by atoms with E-state index in [1.165, 1.54) is 42.5 Å². The first-order valence-electron chi connectivity index (χ1n) is 9.85. The summed E-state index contributed by atoms with van der Waals surface area (Å²) in [6, 6.07) is 10.8. The standard InChI is InChI=1S/C22H19ClFN5O3S/c1-29-12-15(26-13-29)10-11-25-22(30)20-8-6-17-18(24)7-9-19(21(17)27-20)28-33(31,32)16-4-2-14(23)3-5-16/h2-9,12-13,28H,10-11H2,1H3,(H,25,30). The zero-order valence-corrected chi connectivity index (χ0v) is 19.0. The Balaban J connectivity index is 1.59. The monoisotopic (exact) mass is 487 g/mol. The summed E-state index contributed by atoms with van der Waals surface area (Å²) in [4.78, 5) is 21.0. The van der Waals surface area contributed by atoms with Crippen LogP contribution < -0.4 is 10.0 Å². The van der Waals surface area contributed by atoms with Crippen molar-refractivity contribution in [2.24, 2.45) is 7.05 Å². The Morgan fingerprint density at radius 2 is 1.88 bits per heavy atom. The second-order valence-corrected chi connectivity index (χ2v) is 9.40. The highest BCUT2D eigenvalue weighted by molar-refractivity contribution is 7.92. The van der Waals surface area contributed by atoms with Gasteiger partial charge in [-0.05, 0) is 48.5 Å². The Kier molecular flexibility index (Phi) is 6.30. The molecule has 33 heavy (non-hydrogen) atoms. The molecule has 0 saturated carbocycles. The fourth-order valence-electron chi connectivity index (χ4n) is 3.20. The van der Waals surface area contributed by atoms with Gasteiger partial charge in [-0.2, -0.15) is 0 Å². The molecule has 0 saturated heterocycles. The van der Waals surface area contributed by atoms with Gasteiger partial charge in [-0.1, -0.05) is 11.6 Å². The van der Waals surface area contributed by atoms with E-state index in [9.17, 15) is 17.6 Å². The number of aromatic nitrogens is 3. The van der Waals surface area contributed by atoms with Crippen LogP contribution in [0.15, 0.2) is 66.0 Å².